The monoisotopic (exact) mass is 264 g/mol. The third-order valence-electron chi connectivity index (χ3n) is 3.06. The lowest BCUT2D eigenvalue weighted by atomic mass is 10.1. The molecule has 0 spiro atoms. The fourth-order valence-corrected chi connectivity index (χ4v) is 2.00. The van der Waals surface area contributed by atoms with Crippen molar-refractivity contribution in [1.82, 2.24) is 4.98 Å². The lowest BCUT2D eigenvalue weighted by Crippen LogP contribution is -2.11. The van der Waals surface area contributed by atoms with Crippen LogP contribution in [-0.4, -0.2) is 16.0 Å². The number of phenols is 1. The minimum atomic E-state index is -0.259. The maximum atomic E-state index is 12.2. The van der Waals surface area contributed by atoms with Crippen LogP contribution in [-0.2, 0) is 0 Å². The van der Waals surface area contributed by atoms with Gasteiger partial charge in [0.1, 0.15) is 5.75 Å². The van der Waals surface area contributed by atoms with Gasteiger partial charge in [0.15, 0.2) is 0 Å². The van der Waals surface area contributed by atoms with Crippen LogP contribution in [0.15, 0.2) is 60.9 Å². The summed E-state index contributed by atoms with van der Waals surface area (Å²) in [5.41, 5.74) is 0.930. The SMILES string of the molecule is O=C(Nc1ccccc1O)c1ccc2cnccc2c1. The predicted octanol–water partition coefficient (Wildman–Crippen LogP) is 3.19. The quantitative estimate of drug-likeness (QED) is 0.699. The zero-order valence-electron chi connectivity index (χ0n) is 10.6. The number of anilines is 1. The maximum absolute atomic E-state index is 12.2. The summed E-state index contributed by atoms with van der Waals surface area (Å²) in [6, 6.07) is 13.9. The smallest absolute Gasteiger partial charge is 0.255 e. The Kier molecular flexibility index (Phi) is 3.05. The first-order valence-electron chi connectivity index (χ1n) is 6.17. The van der Waals surface area contributed by atoms with Crippen LogP contribution < -0.4 is 5.32 Å². The van der Waals surface area contributed by atoms with Crippen LogP contribution in [0.2, 0.25) is 0 Å². The van der Waals surface area contributed by atoms with Crippen molar-refractivity contribution in [2.24, 2.45) is 0 Å². The molecule has 0 aliphatic heterocycles. The Morgan fingerprint density at radius 3 is 2.75 bits per heavy atom. The summed E-state index contributed by atoms with van der Waals surface area (Å²) >= 11 is 0. The lowest BCUT2D eigenvalue weighted by molar-refractivity contribution is 0.102. The third-order valence-corrected chi connectivity index (χ3v) is 3.06. The fourth-order valence-electron chi connectivity index (χ4n) is 2.00. The summed E-state index contributed by atoms with van der Waals surface area (Å²) in [7, 11) is 0. The van der Waals surface area contributed by atoms with Crippen LogP contribution in [0.3, 0.4) is 0 Å². The number of carbonyl (C=O) groups is 1. The number of amides is 1. The lowest BCUT2D eigenvalue weighted by Gasteiger charge is -2.07. The fraction of sp³-hybridized carbons (Fsp3) is 0. The molecule has 0 unspecified atom stereocenters. The highest BCUT2D eigenvalue weighted by atomic mass is 16.3. The predicted molar refractivity (Wildman–Crippen MR) is 77.8 cm³/mol. The summed E-state index contributed by atoms with van der Waals surface area (Å²) in [5.74, 6) is -0.212. The average molecular weight is 264 g/mol. The van der Waals surface area contributed by atoms with Gasteiger partial charge in [0.2, 0.25) is 0 Å². The van der Waals surface area contributed by atoms with Crippen molar-refractivity contribution in [3.8, 4) is 5.75 Å². The molecule has 1 heterocycles. The summed E-state index contributed by atoms with van der Waals surface area (Å²) in [5, 5.41) is 14.3. The number of carbonyl (C=O) groups excluding carboxylic acids is 1. The number of aromatic nitrogens is 1. The van der Waals surface area contributed by atoms with Crippen molar-refractivity contribution >= 4 is 22.4 Å². The number of benzene rings is 2. The van der Waals surface area contributed by atoms with Gasteiger partial charge in [-0.3, -0.25) is 9.78 Å². The Bertz CT molecular complexity index is 784. The maximum Gasteiger partial charge on any atom is 0.255 e. The summed E-state index contributed by atoms with van der Waals surface area (Å²) in [6.07, 6.45) is 3.44. The van der Waals surface area contributed by atoms with Gasteiger partial charge < -0.3 is 10.4 Å². The molecule has 0 aliphatic carbocycles. The number of hydrogen-bond acceptors (Lipinski definition) is 3. The molecule has 4 nitrogen and oxygen atoms in total. The van der Waals surface area contributed by atoms with E-state index >= 15 is 0 Å². The Morgan fingerprint density at radius 2 is 1.90 bits per heavy atom. The van der Waals surface area contributed by atoms with Crippen LogP contribution in [0.1, 0.15) is 10.4 Å². The Hall–Kier alpha value is -2.88. The van der Waals surface area contributed by atoms with E-state index in [0.29, 0.717) is 11.3 Å². The zero-order chi connectivity index (χ0) is 13.9. The normalized spacial score (nSPS) is 10.4. The van der Waals surface area contributed by atoms with Crippen LogP contribution in [0, 0.1) is 0 Å². The van der Waals surface area contributed by atoms with Crippen molar-refractivity contribution < 1.29 is 9.90 Å². The average Bonchev–Trinajstić information content (AvgIpc) is 2.49. The Balaban J connectivity index is 1.91. The molecule has 1 aromatic heterocycles. The van der Waals surface area contributed by atoms with E-state index < -0.39 is 0 Å². The minimum absolute atomic E-state index is 0.0471. The van der Waals surface area contributed by atoms with Crippen molar-refractivity contribution in [3.63, 3.8) is 0 Å². The molecular weight excluding hydrogens is 252 g/mol. The van der Waals surface area contributed by atoms with Crippen molar-refractivity contribution in [1.29, 1.82) is 0 Å². The standard InChI is InChI=1S/C16H12N2O2/c19-15-4-2-1-3-14(15)18-16(20)12-5-6-13-10-17-8-7-11(13)9-12/h1-10,19H,(H,18,20). The zero-order valence-corrected chi connectivity index (χ0v) is 10.6. The van der Waals surface area contributed by atoms with Crippen molar-refractivity contribution in [3.05, 3.63) is 66.5 Å². The third kappa shape index (κ3) is 2.31. The van der Waals surface area contributed by atoms with E-state index in [0.717, 1.165) is 10.8 Å². The number of rotatable bonds is 2. The van der Waals surface area contributed by atoms with Crippen molar-refractivity contribution in [2.45, 2.75) is 0 Å². The Labute approximate surface area is 115 Å². The van der Waals surface area contributed by atoms with Crippen LogP contribution >= 0.6 is 0 Å². The van der Waals surface area contributed by atoms with E-state index in [4.69, 9.17) is 0 Å². The van der Waals surface area contributed by atoms with Crippen LogP contribution in [0.5, 0.6) is 5.75 Å². The molecule has 98 valence electrons. The second kappa shape index (κ2) is 5.01. The number of hydrogen-bond donors (Lipinski definition) is 2. The number of nitrogens with one attached hydrogen (secondary N) is 1. The Morgan fingerprint density at radius 1 is 1.05 bits per heavy atom. The second-order valence-electron chi connectivity index (χ2n) is 4.41. The molecule has 20 heavy (non-hydrogen) atoms. The van der Waals surface area contributed by atoms with Gasteiger partial charge in [-0.25, -0.2) is 0 Å². The van der Waals surface area contributed by atoms with Gasteiger partial charge in [-0.05, 0) is 35.7 Å². The molecule has 0 bridgehead atoms. The van der Waals surface area contributed by atoms with Crippen LogP contribution in [0.25, 0.3) is 10.8 Å². The first-order chi connectivity index (χ1) is 9.74. The first-order valence-corrected chi connectivity index (χ1v) is 6.17. The number of para-hydroxylation sites is 2. The summed E-state index contributed by atoms with van der Waals surface area (Å²) < 4.78 is 0. The van der Waals surface area contributed by atoms with Gasteiger partial charge in [0, 0.05) is 23.3 Å². The van der Waals surface area contributed by atoms with E-state index in [1.807, 2.05) is 12.1 Å². The molecule has 2 N–H and O–H groups in total. The van der Waals surface area contributed by atoms with Gasteiger partial charge in [-0.1, -0.05) is 18.2 Å². The molecular formula is C16H12N2O2. The molecule has 3 aromatic rings. The molecule has 3 rings (SSSR count). The molecule has 1 amide bonds. The summed E-state index contributed by atoms with van der Waals surface area (Å²) in [6.45, 7) is 0. The summed E-state index contributed by atoms with van der Waals surface area (Å²) in [4.78, 5) is 16.2. The van der Waals surface area contributed by atoms with E-state index in [1.165, 1.54) is 6.07 Å². The number of phenolic OH excluding ortho intramolecular Hbond substituents is 1. The topological polar surface area (TPSA) is 62.2 Å². The molecule has 0 fully saturated rings. The van der Waals surface area contributed by atoms with E-state index in [9.17, 15) is 9.90 Å². The highest BCUT2D eigenvalue weighted by Gasteiger charge is 2.09. The molecule has 0 atom stereocenters. The minimum Gasteiger partial charge on any atom is -0.506 e. The molecule has 2 aromatic carbocycles. The number of fused-ring (bicyclic) bond motifs is 1. The molecule has 0 radical (unpaired) electrons. The highest BCUT2D eigenvalue weighted by molar-refractivity contribution is 6.06. The second-order valence-corrected chi connectivity index (χ2v) is 4.41. The van der Waals surface area contributed by atoms with Gasteiger partial charge >= 0.3 is 0 Å². The van der Waals surface area contributed by atoms with Crippen LogP contribution in [0.4, 0.5) is 5.69 Å². The molecule has 0 saturated heterocycles. The van der Waals surface area contributed by atoms with E-state index in [-0.39, 0.29) is 11.7 Å². The van der Waals surface area contributed by atoms with Gasteiger partial charge in [-0.2, -0.15) is 0 Å². The van der Waals surface area contributed by atoms with Gasteiger partial charge in [0.25, 0.3) is 5.91 Å². The number of aromatic hydroxyl groups is 1. The number of pyridine rings is 1. The first kappa shape index (κ1) is 12.2. The van der Waals surface area contributed by atoms with E-state index in [1.54, 1.807) is 42.7 Å². The number of nitrogens with zero attached hydrogens (tertiary/aromatic N) is 1. The highest BCUT2D eigenvalue weighted by Crippen LogP contribution is 2.23. The van der Waals surface area contributed by atoms with Gasteiger partial charge in [0.05, 0.1) is 5.69 Å². The molecule has 0 saturated carbocycles. The largest absolute Gasteiger partial charge is 0.506 e. The molecule has 4 heteroatoms. The molecule has 0 aliphatic rings. The van der Waals surface area contributed by atoms with E-state index in [2.05, 4.69) is 10.3 Å². The van der Waals surface area contributed by atoms with Crippen molar-refractivity contribution in [2.75, 3.05) is 5.32 Å². The van der Waals surface area contributed by atoms with Gasteiger partial charge in [-0.15, -0.1) is 0 Å².